The quantitative estimate of drug-likeness (QED) is 0.547. The topological polar surface area (TPSA) is 52.6 Å². The molecule has 0 amide bonds. The first kappa shape index (κ1) is 23.1. The summed E-state index contributed by atoms with van der Waals surface area (Å²) in [5, 5.41) is 0. The number of halogens is 2. The van der Waals surface area contributed by atoms with Gasteiger partial charge in [-0.3, -0.25) is 0 Å². The van der Waals surface area contributed by atoms with Gasteiger partial charge in [0, 0.05) is 12.2 Å². The Balaban J connectivity index is -0.0000000625. The van der Waals surface area contributed by atoms with Gasteiger partial charge in [-0.2, -0.15) is 0 Å². The molecular formula is C8H14Cl2O4. The van der Waals surface area contributed by atoms with Crippen LogP contribution in [0.1, 0.15) is 0 Å². The fourth-order valence-corrected chi connectivity index (χ4v) is 0.167. The zero-order chi connectivity index (χ0) is 9.98. The van der Waals surface area contributed by atoms with Crippen molar-refractivity contribution in [3.8, 4) is 0 Å². The third-order valence-electron chi connectivity index (χ3n) is 0.736. The van der Waals surface area contributed by atoms with Gasteiger partial charge in [-0.05, 0) is 0 Å². The van der Waals surface area contributed by atoms with Crippen LogP contribution in [0.25, 0.3) is 0 Å². The lowest BCUT2D eigenvalue weighted by atomic mass is 10.7. The molecule has 0 aliphatic heterocycles. The van der Waals surface area contributed by atoms with Crippen LogP contribution in [0.5, 0.6) is 0 Å². The Hall–Kier alpha value is -1.00. The molecule has 0 N–H and O–H groups in total. The van der Waals surface area contributed by atoms with E-state index < -0.39 is 11.9 Å². The lowest BCUT2D eigenvalue weighted by molar-refractivity contribution is -0.135. The van der Waals surface area contributed by atoms with Gasteiger partial charge in [0.1, 0.15) is 0 Å². The second-order valence-corrected chi connectivity index (χ2v) is 1.45. The summed E-state index contributed by atoms with van der Waals surface area (Å²) in [6, 6.07) is 0. The maximum absolute atomic E-state index is 9.84. The molecule has 4 nitrogen and oxygen atoms in total. The van der Waals surface area contributed by atoms with Crippen molar-refractivity contribution in [2.24, 2.45) is 0 Å². The van der Waals surface area contributed by atoms with Crippen LogP contribution in [0.3, 0.4) is 0 Å². The fourth-order valence-electron chi connectivity index (χ4n) is 0.167. The number of methoxy groups -OCH3 is 2. The average Bonchev–Trinajstić information content (AvgIpc) is 2.16. The second kappa shape index (κ2) is 17.9. The Bertz CT molecular complexity index is 160. The normalized spacial score (nSPS) is 5.86. The Labute approximate surface area is 95.8 Å². The monoisotopic (exact) mass is 244 g/mol. The van der Waals surface area contributed by atoms with E-state index >= 15 is 0 Å². The Morgan fingerprint density at radius 3 is 1.14 bits per heavy atom. The lowest BCUT2D eigenvalue weighted by Crippen LogP contribution is -1.91. The van der Waals surface area contributed by atoms with Gasteiger partial charge in [-0.1, -0.05) is 13.2 Å². The summed E-state index contributed by atoms with van der Waals surface area (Å²) in [6.07, 6.45) is 2.22. The number of rotatable bonds is 2. The molecule has 0 unspecified atom stereocenters. The number of carbonyl (C=O) groups excluding carboxylic acids is 2. The Morgan fingerprint density at radius 1 is 0.929 bits per heavy atom. The van der Waals surface area contributed by atoms with E-state index in [2.05, 4.69) is 22.6 Å². The van der Waals surface area contributed by atoms with Crippen molar-refractivity contribution in [3.63, 3.8) is 0 Å². The van der Waals surface area contributed by atoms with Crippen LogP contribution in [0.2, 0.25) is 0 Å². The van der Waals surface area contributed by atoms with E-state index in [0.29, 0.717) is 0 Å². The molecule has 14 heavy (non-hydrogen) atoms. The van der Waals surface area contributed by atoms with Crippen molar-refractivity contribution < 1.29 is 19.1 Å². The summed E-state index contributed by atoms with van der Waals surface area (Å²) in [5.41, 5.74) is 0. The van der Waals surface area contributed by atoms with Gasteiger partial charge in [0.2, 0.25) is 0 Å². The highest BCUT2D eigenvalue weighted by atomic mass is 35.5. The third kappa shape index (κ3) is 22.4. The highest BCUT2D eigenvalue weighted by molar-refractivity contribution is 5.85. The number of hydrogen-bond acceptors (Lipinski definition) is 4. The van der Waals surface area contributed by atoms with E-state index in [4.69, 9.17) is 0 Å². The van der Waals surface area contributed by atoms with Gasteiger partial charge in [0.05, 0.1) is 14.2 Å². The maximum Gasteiger partial charge on any atom is 0.329 e. The summed E-state index contributed by atoms with van der Waals surface area (Å²) >= 11 is 0. The van der Waals surface area contributed by atoms with E-state index in [1.807, 2.05) is 0 Å². The highest BCUT2D eigenvalue weighted by Crippen LogP contribution is 1.68. The van der Waals surface area contributed by atoms with Crippen molar-refractivity contribution in [2.45, 2.75) is 0 Å². The molecule has 0 atom stereocenters. The molecule has 0 aromatic heterocycles. The molecule has 0 aromatic rings. The van der Waals surface area contributed by atoms with Gasteiger partial charge in [-0.15, -0.1) is 24.8 Å². The average molecular weight is 245 g/mol. The van der Waals surface area contributed by atoms with Crippen LogP contribution < -0.4 is 0 Å². The van der Waals surface area contributed by atoms with Gasteiger partial charge in [-0.25, -0.2) is 9.59 Å². The molecule has 0 radical (unpaired) electrons. The molecule has 0 aliphatic rings. The van der Waals surface area contributed by atoms with E-state index in [9.17, 15) is 9.59 Å². The summed E-state index contributed by atoms with van der Waals surface area (Å²) < 4.78 is 8.28. The van der Waals surface area contributed by atoms with E-state index in [-0.39, 0.29) is 24.8 Å². The molecule has 0 bridgehead atoms. The number of carbonyl (C=O) groups is 2. The van der Waals surface area contributed by atoms with Crippen molar-refractivity contribution in [2.75, 3.05) is 14.2 Å². The molecular weight excluding hydrogens is 231 g/mol. The van der Waals surface area contributed by atoms with Crippen LogP contribution in [0.4, 0.5) is 0 Å². The standard InChI is InChI=1S/2C4H6O2.2ClH/c2*1-3-4(5)6-2;;/h2*3H,1H2,2H3;2*1H. The predicted molar refractivity (Wildman–Crippen MR) is 58.9 cm³/mol. The molecule has 0 fully saturated rings. The number of ether oxygens (including phenoxy) is 2. The van der Waals surface area contributed by atoms with Crippen LogP contribution in [-0.2, 0) is 19.1 Å². The Morgan fingerprint density at radius 2 is 1.14 bits per heavy atom. The largest absolute Gasteiger partial charge is 0.466 e. The predicted octanol–water partition coefficient (Wildman–Crippen LogP) is 1.53. The summed E-state index contributed by atoms with van der Waals surface area (Å²) in [5.74, 6) is -0.787. The highest BCUT2D eigenvalue weighted by Gasteiger charge is 1.82. The lowest BCUT2D eigenvalue weighted by Gasteiger charge is -1.83. The SMILES string of the molecule is C=CC(=O)OC.C=CC(=O)OC.Cl.Cl. The molecule has 0 rings (SSSR count). The zero-order valence-corrected chi connectivity index (χ0v) is 9.65. The van der Waals surface area contributed by atoms with E-state index in [0.717, 1.165) is 12.2 Å². The minimum absolute atomic E-state index is 0. The number of hydrogen-bond donors (Lipinski definition) is 0. The Kier molecular flexibility index (Phi) is 29.6. The molecule has 0 saturated carbocycles. The molecule has 84 valence electrons. The molecule has 0 aromatic carbocycles. The molecule has 0 aliphatic carbocycles. The fraction of sp³-hybridized carbons (Fsp3) is 0.250. The van der Waals surface area contributed by atoms with Crippen molar-refractivity contribution in [3.05, 3.63) is 25.3 Å². The van der Waals surface area contributed by atoms with Crippen molar-refractivity contribution >= 4 is 36.8 Å². The second-order valence-electron chi connectivity index (χ2n) is 1.45. The summed E-state index contributed by atoms with van der Waals surface area (Å²) in [4.78, 5) is 19.7. The first-order valence-corrected chi connectivity index (χ1v) is 3.03. The van der Waals surface area contributed by atoms with Crippen molar-refractivity contribution in [1.29, 1.82) is 0 Å². The van der Waals surface area contributed by atoms with Gasteiger partial charge in [0.25, 0.3) is 0 Å². The number of esters is 2. The van der Waals surface area contributed by atoms with Gasteiger partial charge in [0.15, 0.2) is 0 Å². The molecule has 0 heterocycles. The smallest absolute Gasteiger partial charge is 0.329 e. The van der Waals surface area contributed by atoms with E-state index in [1.165, 1.54) is 14.2 Å². The third-order valence-corrected chi connectivity index (χ3v) is 0.736. The molecule has 0 spiro atoms. The minimum atomic E-state index is -0.394. The van der Waals surface area contributed by atoms with E-state index in [1.54, 1.807) is 0 Å². The van der Waals surface area contributed by atoms with Crippen LogP contribution in [-0.4, -0.2) is 26.2 Å². The van der Waals surface area contributed by atoms with Gasteiger partial charge < -0.3 is 9.47 Å². The zero-order valence-electron chi connectivity index (χ0n) is 8.02. The molecule has 0 saturated heterocycles. The van der Waals surface area contributed by atoms with Crippen molar-refractivity contribution in [1.82, 2.24) is 0 Å². The summed E-state index contributed by atoms with van der Waals surface area (Å²) in [6.45, 7) is 6.31. The minimum Gasteiger partial charge on any atom is -0.466 e. The summed E-state index contributed by atoms with van der Waals surface area (Å²) in [7, 11) is 2.62. The first-order chi connectivity index (χ1) is 5.62. The van der Waals surface area contributed by atoms with Crippen LogP contribution in [0.15, 0.2) is 25.3 Å². The first-order valence-electron chi connectivity index (χ1n) is 3.03. The van der Waals surface area contributed by atoms with Crippen LogP contribution in [0, 0.1) is 0 Å². The van der Waals surface area contributed by atoms with Crippen LogP contribution >= 0.6 is 24.8 Å². The molecule has 6 heteroatoms. The van der Waals surface area contributed by atoms with Gasteiger partial charge >= 0.3 is 11.9 Å². The maximum atomic E-state index is 9.84.